The van der Waals surface area contributed by atoms with Gasteiger partial charge >= 0.3 is 0 Å². The van der Waals surface area contributed by atoms with Crippen LogP contribution in [0.1, 0.15) is 13.3 Å². The minimum Gasteiger partial charge on any atom is -0.382 e. The maximum Gasteiger partial charge on any atom is 0.139 e. The van der Waals surface area contributed by atoms with Crippen molar-refractivity contribution in [1.82, 2.24) is 0 Å². The summed E-state index contributed by atoms with van der Waals surface area (Å²) in [4.78, 5) is 0. The molecule has 1 heterocycles. The monoisotopic (exact) mass is 128 g/mol. The Morgan fingerprint density at radius 2 is 2.33 bits per heavy atom. The van der Waals surface area contributed by atoms with E-state index in [1.807, 2.05) is 0 Å². The molecular formula is C6H13BO2. The van der Waals surface area contributed by atoms with Crippen molar-refractivity contribution < 1.29 is 9.47 Å². The van der Waals surface area contributed by atoms with Crippen molar-refractivity contribution in [1.29, 1.82) is 0 Å². The lowest BCUT2D eigenvalue weighted by Crippen LogP contribution is -2.18. The maximum atomic E-state index is 5.44. The highest BCUT2D eigenvalue weighted by molar-refractivity contribution is 6.11. The second-order valence-electron chi connectivity index (χ2n) is 2.66. The summed E-state index contributed by atoms with van der Waals surface area (Å²) in [6, 6.07) is 0.380. The number of hydrogen-bond donors (Lipinski definition) is 0. The van der Waals surface area contributed by atoms with Crippen LogP contribution in [-0.2, 0) is 9.47 Å². The van der Waals surface area contributed by atoms with E-state index in [0.717, 1.165) is 6.42 Å². The summed E-state index contributed by atoms with van der Waals surface area (Å²) in [7, 11) is 3.82. The Hall–Kier alpha value is -0.0151. The van der Waals surface area contributed by atoms with Crippen molar-refractivity contribution in [2.24, 2.45) is 0 Å². The average Bonchev–Trinajstić information content (AvgIpc) is 2.10. The Labute approximate surface area is 56.9 Å². The highest BCUT2D eigenvalue weighted by Crippen LogP contribution is 2.19. The van der Waals surface area contributed by atoms with E-state index < -0.39 is 0 Å². The SMILES string of the molecule is B[C@H]1C[C@@H](OC)[C@@H](C)O1. The third-order valence-electron chi connectivity index (χ3n) is 1.84. The standard InChI is InChI=1S/C6H13BO2/c1-4-5(8-2)3-6(7)9-4/h4-6H,3,7H2,1-2H3/t4-,5-,6-/m1/s1. The predicted octanol–water partition coefficient (Wildman–Crippen LogP) is -0.231. The van der Waals surface area contributed by atoms with Crippen LogP contribution in [0.4, 0.5) is 0 Å². The van der Waals surface area contributed by atoms with Gasteiger partial charge in [0.15, 0.2) is 0 Å². The molecule has 0 N–H and O–H groups in total. The van der Waals surface area contributed by atoms with Gasteiger partial charge in [0.25, 0.3) is 0 Å². The molecule has 0 aromatic heterocycles. The topological polar surface area (TPSA) is 18.5 Å². The summed E-state index contributed by atoms with van der Waals surface area (Å²) in [6.07, 6.45) is 1.64. The lowest BCUT2D eigenvalue weighted by atomic mass is 9.96. The Morgan fingerprint density at radius 1 is 1.67 bits per heavy atom. The zero-order valence-electron chi connectivity index (χ0n) is 6.26. The summed E-state index contributed by atoms with van der Waals surface area (Å²) in [5, 5.41) is 0. The lowest BCUT2D eigenvalue weighted by molar-refractivity contribution is 0.0211. The molecule has 0 aromatic rings. The zero-order valence-corrected chi connectivity index (χ0v) is 6.26. The van der Waals surface area contributed by atoms with Crippen molar-refractivity contribution in [2.75, 3.05) is 7.11 Å². The molecule has 0 radical (unpaired) electrons. The first-order valence-electron chi connectivity index (χ1n) is 3.42. The molecule has 1 rings (SSSR count). The van der Waals surface area contributed by atoms with E-state index in [2.05, 4.69) is 14.8 Å². The molecule has 0 aliphatic carbocycles. The predicted molar refractivity (Wildman–Crippen MR) is 38.3 cm³/mol. The second-order valence-corrected chi connectivity index (χ2v) is 2.66. The van der Waals surface area contributed by atoms with E-state index >= 15 is 0 Å². The second kappa shape index (κ2) is 2.71. The van der Waals surface area contributed by atoms with Crippen molar-refractivity contribution in [3.63, 3.8) is 0 Å². The highest BCUT2D eigenvalue weighted by Gasteiger charge is 2.28. The van der Waals surface area contributed by atoms with Crippen LogP contribution < -0.4 is 0 Å². The summed E-state index contributed by atoms with van der Waals surface area (Å²) < 4.78 is 10.6. The van der Waals surface area contributed by atoms with Gasteiger partial charge in [0.05, 0.1) is 12.2 Å². The summed E-state index contributed by atoms with van der Waals surface area (Å²) in [5.74, 6) is 0. The van der Waals surface area contributed by atoms with Gasteiger partial charge in [-0.1, -0.05) is 0 Å². The molecule has 0 amide bonds. The van der Waals surface area contributed by atoms with Gasteiger partial charge in [-0.2, -0.15) is 0 Å². The molecule has 2 nitrogen and oxygen atoms in total. The fourth-order valence-corrected chi connectivity index (χ4v) is 1.32. The van der Waals surface area contributed by atoms with Crippen LogP contribution in [0.2, 0.25) is 0 Å². The molecule has 0 bridgehead atoms. The van der Waals surface area contributed by atoms with Gasteiger partial charge in [-0.25, -0.2) is 0 Å². The summed E-state index contributed by atoms with van der Waals surface area (Å²) >= 11 is 0. The molecule has 1 aliphatic rings. The van der Waals surface area contributed by atoms with Crippen LogP contribution in [0.25, 0.3) is 0 Å². The van der Waals surface area contributed by atoms with Gasteiger partial charge in [0, 0.05) is 13.1 Å². The van der Waals surface area contributed by atoms with E-state index in [1.165, 1.54) is 0 Å². The van der Waals surface area contributed by atoms with Crippen LogP contribution >= 0.6 is 0 Å². The largest absolute Gasteiger partial charge is 0.382 e. The Morgan fingerprint density at radius 3 is 2.56 bits per heavy atom. The molecule has 0 unspecified atom stereocenters. The molecule has 9 heavy (non-hydrogen) atoms. The zero-order chi connectivity index (χ0) is 6.85. The van der Waals surface area contributed by atoms with Crippen molar-refractivity contribution in [2.45, 2.75) is 31.6 Å². The van der Waals surface area contributed by atoms with Crippen LogP contribution in [0, 0.1) is 0 Å². The molecule has 1 fully saturated rings. The highest BCUT2D eigenvalue weighted by atomic mass is 16.6. The molecule has 1 saturated heterocycles. The Balaban J connectivity index is 2.38. The first-order valence-corrected chi connectivity index (χ1v) is 3.42. The van der Waals surface area contributed by atoms with E-state index in [0.29, 0.717) is 12.1 Å². The third kappa shape index (κ3) is 1.46. The Kier molecular flexibility index (Phi) is 2.14. The molecule has 3 heteroatoms. The molecular weight excluding hydrogens is 115 g/mol. The van der Waals surface area contributed by atoms with Crippen molar-refractivity contribution >= 4 is 7.85 Å². The van der Waals surface area contributed by atoms with Crippen LogP contribution in [0.3, 0.4) is 0 Å². The molecule has 0 saturated carbocycles. The fourth-order valence-electron chi connectivity index (χ4n) is 1.32. The van der Waals surface area contributed by atoms with Crippen LogP contribution in [-0.4, -0.2) is 33.2 Å². The summed E-state index contributed by atoms with van der Waals surface area (Å²) in [5.41, 5.74) is 0. The Bertz CT molecular complexity index is 97.1. The van der Waals surface area contributed by atoms with Gasteiger partial charge in [0.2, 0.25) is 0 Å². The number of ether oxygens (including phenoxy) is 2. The van der Waals surface area contributed by atoms with E-state index in [9.17, 15) is 0 Å². The minimum atomic E-state index is 0.282. The normalized spacial score (nSPS) is 43.6. The fraction of sp³-hybridized carbons (Fsp3) is 1.00. The first-order chi connectivity index (χ1) is 4.24. The van der Waals surface area contributed by atoms with Gasteiger partial charge in [0.1, 0.15) is 7.85 Å². The quantitative estimate of drug-likeness (QED) is 0.454. The smallest absolute Gasteiger partial charge is 0.139 e. The lowest BCUT2D eigenvalue weighted by Gasteiger charge is -2.10. The van der Waals surface area contributed by atoms with E-state index in [1.54, 1.807) is 7.11 Å². The number of hydrogen-bond acceptors (Lipinski definition) is 2. The van der Waals surface area contributed by atoms with Gasteiger partial charge < -0.3 is 9.47 Å². The first kappa shape index (κ1) is 7.10. The summed E-state index contributed by atoms with van der Waals surface area (Å²) in [6.45, 7) is 2.05. The molecule has 1 aliphatic heterocycles. The van der Waals surface area contributed by atoms with Gasteiger partial charge in [-0.3, -0.25) is 0 Å². The molecule has 52 valence electrons. The van der Waals surface area contributed by atoms with E-state index in [4.69, 9.17) is 9.47 Å². The molecule has 3 atom stereocenters. The molecule has 0 spiro atoms. The van der Waals surface area contributed by atoms with Crippen molar-refractivity contribution in [3.8, 4) is 0 Å². The van der Waals surface area contributed by atoms with E-state index in [-0.39, 0.29) is 6.10 Å². The van der Waals surface area contributed by atoms with Crippen LogP contribution in [0.5, 0.6) is 0 Å². The molecule has 0 aromatic carbocycles. The van der Waals surface area contributed by atoms with Gasteiger partial charge in [-0.15, -0.1) is 0 Å². The third-order valence-corrected chi connectivity index (χ3v) is 1.84. The van der Waals surface area contributed by atoms with Crippen molar-refractivity contribution in [3.05, 3.63) is 0 Å². The van der Waals surface area contributed by atoms with Gasteiger partial charge in [-0.05, 0) is 13.3 Å². The average molecular weight is 128 g/mol. The minimum absolute atomic E-state index is 0.282. The van der Waals surface area contributed by atoms with Crippen LogP contribution in [0.15, 0.2) is 0 Å². The number of rotatable bonds is 1. The number of methoxy groups -OCH3 is 1. The maximum absolute atomic E-state index is 5.44.